The van der Waals surface area contributed by atoms with Crippen molar-refractivity contribution in [1.29, 1.82) is 0 Å². The van der Waals surface area contributed by atoms with Crippen molar-refractivity contribution in [1.82, 2.24) is 29.4 Å². The second-order valence-corrected chi connectivity index (χ2v) is 12.1. The quantitative estimate of drug-likeness (QED) is 0.296. The maximum atomic E-state index is 13.8. The first-order valence-electron chi connectivity index (χ1n) is 15.3. The Labute approximate surface area is 250 Å². The van der Waals surface area contributed by atoms with Crippen LogP contribution in [0.2, 0.25) is 0 Å². The summed E-state index contributed by atoms with van der Waals surface area (Å²) in [7, 11) is 1.91. The summed E-state index contributed by atoms with van der Waals surface area (Å²) in [6.07, 6.45) is 6.00. The van der Waals surface area contributed by atoms with E-state index >= 15 is 0 Å². The molecule has 0 aliphatic carbocycles. The van der Waals surface area contributed by atoms with Crippen LogP contribution < -0.4 is 0 Å². The largest absolute Gasteiger partial charge is 0.481 e. The molecule has 220 valence electrons. The van der Waals surface area contributed by atoms with Crippen LogP contribution in [-0.4, -0.2) is 53.0 Å². The minimum atomic E-state index is -0.856. The van der Waals surface area contributed by atoms with E-state index in [0.29, 0.717) is 18.9 Å². The average Bonchev–Trinajstić information content (AvgIpc) is 3.57. The van der Waals surface area contributed by atoms with Crippen LogP contribution in [-0.2, 0) is 37.8 Å². The Morgan fingerprint density at radius 2 is 1.79 bits per heavy atom. The van der Waals surface area contributed by atoms with Crippen LogP contribution in [0.4, 0.5) is 0 Å². The van der Waals surface area contributed by atoms with E-state index in [9.17, 15) is 14.7 Å². The summed E-state index contributed by atoms with van der Waals surface area (Å²) < 4.78 is 3.88. The normalized spacial score (nSPS) is 17.7. The van der Waals surface area contributed by atoms with Gasteiger partial charge in [0, 0.05) is 32.6 Å². The molecule has 0 spiro atoms. The third-order valence-electron chi connectivity index (χ3n) is 9.39. The minimum Gasteiger partial charge on any atom is -0.481 e. The van der Waals surface area contributed by atoms with Crippen molar-refractivity contribution in [3.63, 3.8) is 0 Å². The maximum Gasteiger partial charge on any atom is 0.304 e. The Morgan fingerprint density at radius 1 is 0.953 bits per heavy atom. The molecule has 5 aromatic rings. The molecule has 0 radical (unpaired) electrons. The van der Waals surface area contributed by atoms with Crippen molar-refractivity contribution in [3.8, 4) is 0 Å². The highest BCUT2D eigenvalue weighted by molar-refractivity contribution is 5.95. The molecule has 0 unspecified atom stereocenters. The fraction of sp³-hybridized carbons (Fsp3) is 0.382. The standard InChI is InChI=1S/C34H36N6O3/c1-21-26-11-13-30-32(21)36-37-40(30)15-6-4-3-5-7-22-8-12-29-28(17-22)35-33(38(29)2)34(43)39-16-14-23-9-10-24(18-25(23)20-39)27(26)19-31(41)42/h8-13,17-18,27H,3-7,14-16,19-20H2,1-2H3,(H,41,42)/t27-/m0/s1. The van der Waals surface area contributed by atoms with Gasteiger partial charge in [0.15, 0.2) is 5.82 Å². The number of aliphatic carboxylic acids is 1. The van der Waals surface area contributed by atoms with E-state index in [0.717, 1.165) is 89.4 Å². The van der Waals surface area contributed by atoms with E-state index in [4.69, 9.17) is 4.98 Å². The van der Waals surface area contributed by atoms with Gasteiger partial charge in [0.2, 0.25) is 0 Å². The van der Waals surface area contributed by atoms with E-state index in [1.807, 2.05) is 40.3 Å². The number of fused-ring (bicyclic) bond motifs is 6. The molecule has 0 saturated heterocycles. The summed E-state index contributed by atoms with van der Waals surface area (Å²) >= 11 is 0. The highest BCUT2D eigenvalue weighted by Crippen LogP contribution is 2.35. The fourth-order valence-corrected chi connectivity index (χ4v) is 6.95. The molecule has 0 saturated carbocycles. The molecule has 3 aliphatic heterocycles. The lowest BCUT2D eigenvalue weighted by atomic mass is 9.83. The predicted molar refractivity (Wildman–Crippen MR) is 164 cm³/mol. The molecule has 43 heavy (non-hydrogen) atoms. The molecule has 8 rings (SSSR count). The first-order valence-corrected chi connectivity index (χ1v) is 15.3. The Morgan fingerprint density at radius 3 is 2.65 bits per heavy atom. The number of carbonyl (C=O) groups excluding carboxylic acids is 1. The molecule has 3 aromatic carbocycles. The molecule has 0 fully saturated rings. The van der Waals surface area contributed by atoms with Crippen molar-refractivity contribution in [2.24, 2.45) is 7.05 Å². The van der Waals surface area contributed by atoms with E-state index in [1.54, 1.807) is 0 Å². The van der Waals surface area contributed by atoms with Crippen LogP contribution in [0.25, 0.3) is 22.1 Å². The van der Waals surface area contributed by atoms with E-state index in [2.05, 4.69) is 46.7 Å². The van der Waals surface area contributed by atoms with Crippen LogP contribution in [0.15, 0.2) is 48.5 Å². The first kappa shape index (κ1) is 27.3. The zero-order valence-corrected chi connectivity index (χ0v) is 24.7. The highest BCUT2D eigenvalue weighted by atomic mass is 16.4. The topological polar surface area (TPSA) is 106 Å². The zero-order valence-electron chi connectivity index (χ0n) is 24.7. The summed E-state index contributed by atoms with van der Waals surface area (Å²) in [6.45, 7) is 3.89. The zero-order chi connectivity index (χ0) is 29.7. The lowest BCUT2D eigenvalue weighted by Gasteiger charge is -2.30. The Balaban J connectivity index is 1.31. The molecular weight excluding hydrogens is 540 g/mol. The second-order valence-electron chi connectivity index (χ2n) is 12.1. The van der Waals surface area contributed by atoms with Crippen molar-refractivity contribution < 1.29 is 14.7 Å². The summed E-state index contributed by atoms with van der Waals surface area (Å²) in [6, 6.07) is 16.7. The molecule has 1 atom stereocenters. The van der Waals surface area contributed by atoms with Crippen LogP contribution in [0.3, 0.4) is 0 Å². The Kier molecular flexibility index (Phi) is 6.95. The van der Waals surface area contributed by atoms with Gasteiger partial charge in [-0.05, 0) is 84.2 Å². The number of hydrogen-bond acceptors (Lipinski definition) is 5. The second kappa shape index (κ2) is 10.9. The van der Waals surface area contributed by atoms with Gasteiger partial charge in [-0.15, -0.1) is 5.10 Å². The highest BCUT2D eigenvalue weighted by Gasteiger charge is 2.28. The number of aromatic nitrogens is 5. The van der Waals surface area contributed by atoms with Gasteiger partial charge >= 0.3 is 5.97 Å². The third kappa shape index (κ3) is 4.96. The van der Waals surface area contributed by atoms with Crippen LogP contribution in [0.5, 0.6) is 0 Å². The minimum absolute atomic E-state index is 0.0379. The average molecular weight is 577 g/mol. The number of amides is 1. The van der Waals surface area contributed by atoms with Crippen molar-refractivity contribution >= 4 is 33.9 Å². The molecular formula is C34H36N6O3. The van der Waals surface area contributed by atoms with Gasteiger partial charge in [-0.25, -0.2) is 9.67 Å². The molecule has 5 heterocycles. The predicted octanol–water partition coefficient (Wildman–Crippen LogP) is 5.55. The molecule has 10 bridgehead atoms. The van der Waals surface area contributed by atoms with Gasteiger partial charge in [0.05, 0.1) is 23.0 Å². The lowest BCUT2D eigenvalue weighted by molar-refractivity contribution is -0.137. The Hall–Kier alpha value is -4.53. The molecule has 9 nitrogen and oxygen atoms in total. The fourth-order valence-electron chi connectivity index (χ4n) is 6.95. The van der Waals surface area contributed by atoms with Gasteiger partial charge in [0.25, 0.3) is 5.91 Å². The van der Waals surface area contributed by atoms with Crippen molar-refractivity contribution in [3.05, 3.63) is 87.7 Å². The van der Waals surface area contributed by atoms with Crippen molar-refractivity contribution in [2.75, 3.05) is 6.54 Å². The monoisotopic (exact) mass is 576 g/mol. The van der Waals surface area contributed by atoms with E-state index in [1.165, 1.54) is 11.1 Å². The van der Waals surface area contributed by atoms with Gasteiger partial charge in [-0.2, -0.15) is 0 Å². The number of aryl methyl sites for hydroxylation is 4. The summed E-state index contributed by atoms with van der Waals surface area (Å²) in [5.74, 6) is -0.837. The van der Waals surface area contributed by atoms with Crippen molar-refractivity contribution in [2.45, 2.75) is 70.9 Å². The van der Waals surface area contributed by atoms with Gasteiger partial charge < -0.3 is 14.6 Å². The van der Waals surface area contributed by atoms with Crippen LogP contribution in [0.1, 0.15) is 82.0 Å². The molecule has 3 aliphatic rings. The maximum absolute atomic E-state index is 13.8. The number of nitrogens with zero attached hydrogens (tertiary/aromatic N) is 6. The number of benzene rings is 3. The summed E-state index contributed by atoms with van der Waals surface area (Å²) in [4.78, 5) is 32.6. The van der Waals surface area contributed by atoms with Crippen LogP contribution >= 0.6 is 0 Å². The van der Waals surface area contributed by atoms with Gasteiger partial charge in [0.1, 0.15) is 5.52 Å². The third-order valence-corrected chi connectivity index (χ3v) is 9.39. The number of carbonyl (C=O) groups is 2. The first-order chi connectivity index (χ1) is 20.9. The number of hydrogen-bond donors (Lipinski definition) is 1. The van der Waals surface area contributed by atoms with E-state index in [-0.39, 0.29) is 18.2 Å². The SMILES string of the molecule is Cc1c2ccc3c1nnn3CCCCCCc1ccc3c(c1)nc(n3C)C(=O)N1CCc3ccc(cc3C1)[C@@H]2CC(=O)O. The molecule has 2 aromatic heterocycles. The van der Waals surface area contributed by atoms with E-state index < -0.39 is 5.97 Å². The summed E-state index contributed by atoms with van der Waals surface area (Å²) in [5.41, 5.74) is 9.95. The van der Waals surface area contributed by atoms with Crippen LogP contribution in [0, 0.1) is 6.92 Å². The van der Waals surface area contributed by atoms with Gasteiger partial charge in [-0.1, -0.05) is 48.4 Å². The number of carboxylic acid groups (broad SMARTS) is 1. The Bertz CT molecular complexity index is 1890. The molecule has 9 heteroatoms. The number of rotatable bonds is 2. The number of imidazole rings is 1. The lowest BCUT2D eigenvalue weighted by Crippen LogP contribution is -2.37. The summed E-state index contributed by atoms with van der Waals surface area (Å²) in [5, 5.41) is 18.9. The molecule has 1 amide bonds. The smallest absolute Gasteiger partial charge is 0.304 e. The number of carboxylic acids is 1. The molecule has 1 N–H and O–H groups in total. The van der Waals surface area contributed by atoms with Gasteiger partial charge in [-0.3, -0.25) is 9.59 Å².